The van der Waals surface area contributed by atoms with Crippen molar-refractivity contribution in [3.8, 4) is 6.07 Å². The minimum absolute atomic E-state index is 0.0665. The molecule has 0 radical (unpaired) electrons. The first kappa shape index (κ1) is 13.9. The Bertz CT molecular complexity index is 574. The summed E-state index contributed by atoms with van der Waals surface area (Å²) >= 11 is 0. The van der Waals surface area contributed by atoms with Gasteiger partial charge in [-0.25, -0.2) is 18.1 Å². The van der Waals surface area contributed by atoms with E-state index in [2.05, 4.69) is 15.0 Å². The Morgan fingerprint density at radius 3 is 3.11 bits per heavy atom. The van der Waals surface area contributed by atoms with Crippen LogP contribution < -0.4 is 10.0 Å². The van der Waals surface area contributed by atoms with E-state index in [4.69, 9.17) is 5.26 Å². The second-order valence-corrected chi connectivity index (χ2v) is 6.21. The van der Waals surface area contributed by atoms with Gasteiger partial charge in [-0.3, -0.25) is 0 Å². The number of pyridine rings is 1. The SMILES string of the molecule is N#Cc1cccnc1S(=O)(=O)NC[C@@H]1CCCNC1. The molecule has 102 valence electrons. The van der Waals surface area contributed by atoms with Gasteiger partial charge in [0.2, 0.25) is 0 Å². The zero-order chi connectivity index (χ0) is 13.7. The second kappa shape index (κ2) is 6.10. The number of rotatable bonds is 4. The summed E-state index contributed by atoms with van der Waals surface area (Å²) in [4.78, 5) is 3.80. The number of nitrogens with one attached hydrogen (secondary N) is 2. The topological polar surface area (TPSA) is 94.9 Å². The van der Waals surface area contributed by atoms with E-state index in [-0.39, 0.29) is 16.5 Å². The molecule has 1 aliphatic rings. The van der Waals surface area contributed by atoms with Crippen LogP contribution in [0.2, 0.25) is 0 Å². The van der Waals surface area contributed by atoms with Crippen LogP contribution in [0.3, 0.4) is 0 Å². The van der Waals surface area contributed by atoms with Crippen molar-refractivity contribution in [3.63, 3.8) is 0 Å². The molecular formula is C12H16N4O2S. The highest BCUT2D eigenvalue weighted by molar-refractivity contribution is 7.89. The zero-order valence-electron chi connectivity index (χ0n) is 10.5. The summed E-state index contributed by atoms with van der Waals surface area (Å²) in [7, 11) is -3.71. The molecule has 0 unspecified atom stereocenters. The quantitative estimate of drug-likeness (QED) is 0.823. The maximum absolute atomic E-state index is 12.1. The summed E-state index contributed by atoms with van der Waals surface area (Å²) in [6, 6.07) is 4.84. The molecule has 1 fully saturated rings. The highest BCUT2D eigenvalue weighted by Crippen LogP contribution is 2.13. The molecule has 19 heavy (non-hydrogen) atoms. The molecule has 2 N–H and O–H groups in total. The number of piperidine rings is 1. The Kier molecular flexibility index (Phi) is 4.47. The normalized spacial score (nSPS) is 19.8. The number of aromatic nitrogens is 1. The van der Waals surface area contributed by atoms with Gasteiger partial charge >= 0.3 is 0 Å². The van der Waals surface area contributed by atoms with Crippen molar-refractivity contribution in [1.29, 1.82) is 5.26 Å². The molecule has 0 bridgehead atoms. The van der Waals surface area contributed by atoms with E-state index < -0.39 is 10.0 Å². The molecule has 7 heteroatoms. The molecule has 6 nitrogen and oxygen atoms in total. The lowest BCUT2D eigenvalue weighted by molar-refractivity contribution is 0.375. The zero-order valence-corrected chi connectivity index (χ0v) is 11.3. The van der Waals surface area contributed by atoms with Gasteiger partial charge in [-0.1, -0.05) is 0 Å². The second-order valence-electron chi connectivity index (χ2n) is 4.53. The Balaban J connectivity index is 2.07. The van der Waals surface area contributed by atoms with Crippen LogP contribution in [-0.4, -0.2) is 33.0 Å². The van der Waals surface area contributed by atoms with Crippen LogP contribution in [0.1, 0.15) is 18.4 Å². The van der Waals surface area contributed by atoms with E-state index >= 15 is 0 Å². The smallest absolute Gasteiger partial charge is 0.259 e. The summed E-state index contributed by atoms with van der Waals surface area (Å²) in [5, 5.41) is 11.9. The van der Waals surface area contributed by atoms with E-state index in [9.17, 15) is 8.42 Å². The maximum atomic E-state index is 12.1. The molecule has 0 aliphatic carbocycles. The van der Waals surface area contributed by atoms with E-state index in [1.807, 2.05) is 6.07 Å². The van der Waals surface area contributed by atoms with Crippen LogP contribution in [-0.2, 0) is 10.0 Å². The Morgan fingerprint density at radius 1 is 1.58 bits per heavy atom. The van der Waals surface area contributed by atoms with Gasteiger partial charge < -0.3 is 5.32 Å². The minimum Gasteiger partial charge on any atom is -0.316 e. The average Bonchev–Trinajstić information content (AvgIpc) is 2.46. The standard InChI is InChI=1S/C12H16N4O2S/c13-7-11-4-2-6-15-12(11)19(17,18)16-9-10-3-1-5-14-8-10/h2,4,6,10,14,16H,1,3,5,8-9H2/t10-/m1/s1. The average molecular weight is 280 g/mol. The van der Waals surface area contributed by atoms with E-state index in [0.717, 1.165) is 25.9 Å². The lowest BCUT2D eigenvalue weighted by atomic mass is 10.0. The lowest BCUT2D eigenvalue weighted by Crippen LogP contribution is -2.38. The summed E-state index contributed by atoms with van der Waals surface area (Å²) in [5.41, 5.74) is 0.0665. The first-order valence-electron chi connectivity index (χ1n) is 6.19. The molecule has 0 aromatic carbocycles. The number of sulfonamides is 1. The third kappa shape index (κ3) is 3.50. The number of nitriles is 1. The molecular weight excluding hydrogens is 264 g/mol. The Labute approximate surface area is 112 Å². The molecule has 1 aromatic heterocycles. The maximum Gasteiger partial charge on any atom is 0.259 e. The summed E-state index contributed by atoms with van der Waals surface area (Å²) in [6.45, 7) is 2.18. The van der Waals surface area contributed by atoms with Gasteiger partial charge in [0.25, 0.3) is 10.0 Å². The molecule has 1 atom stereocenters. The third-order valence-corrected chi connectivity index (χ3v) is 4.49. The Morgan fingerprint density at radius 2 is 2.42 bits per heavy atom. The lowest BCUT2D eigenvalue weighted by Gasteiger charge is -2.22. The van der Waals surface area contributed by atoms with Gasteiger partial charge in [-0.15, -0.1) is 0 Å². The molecule has 0 spiro atoms. The largest absolute Gasteiger partial charge is 0.316 e. The fourth-order valence-electron chi connectivity index (χ4n) is 2.08. The van der Waals surface area contributed by atoms with Crippen LogP contribution in [0.4, 0.5) is 0 Å². The van der Waals surface area contributed by atoms with Gasteiger partial charge in [0.1, 0.15) is 6.07 Å². The fourth-order valence-corrected chi connectivity index (χ4v) is 3.28. The number of nitrogens with zero attached hydrogens (tertiary/aromatic N) is 2. The van der Waals surface area contributed by atoms with Gasteiger partial charge in [0, 0.05) is 12.7 Å². The van der Waals surface area contributed by atoms with E-state index in [0.29, 0.717) is 6.54 Å². The summed E-state index contributed by atoms with van der Waals surface area (Å²) in [5.74, 6) is 0.290. The summed E-state index contributed by atoms with van der Waals surface area (Å²) < 4.78 is 26.8. The van der Waals surface area contributed by atoms with E-state index in [1.54, 1.807) is 6.07 Å². The van der Waals surface area contributed by atoms with Crippen molar-refractivity contribution in [2.75, 3.05) is 19.6 Å². The van der Waals surface area contributed by atoms with Crippen LogP contribution in [0.15, 0.2) is 23.4 Å². The van der Waals surface area contributed by atoms with Gasteiger partial charge in [-0.2, -0.15) is 5.26 Å². The Hall–Kier alpha value is -1.49. The van der Waals surface area contributed by atoms with Gasteiger partial charge in [0.15, 0.2) is 5.03 Å². The molecule has 2 rings (SSSR count). The van der Waals surface area contributed by atoms with Gasteiger partial charge in [0.05, 0.1) is 5.56 Å². The predicted molar refractivity (Wildman–Crippen MR) is 69.7 cm³/mol. The van der Waals surface area contributed by atoms with Crippen molar-refractivity contribution in [3.05, 3.63) is 23.9 Å². The van der Waals surface area contributed by atoms with Crippen LogP contribution >= 0.6 is 0 Å². The van der Waals surface area contributed by atoms with Crippen molar-refractivity contribution in [2.24, 2.45) is 5.92 Å². The van der Waals surface area contributed by atoms with Crippen molar-refractivity contribution in [1.82, 2.24) is 15.0 Å². The highest BCUT2D eigenvalue weighted by Gasteiger charge is 2.22. The van der Waals surface area contributed by atoms with Crippen LogP contribution in [0, 0.1) is 17.2 Å². The first-order valence-corrected chi connectivity index (χ1v) is 7.67. The summed E-state index contributed by atoms with van der Waals surface area (Å²) in [6.07, 6.45) is 3.43. The van der Waals surface area contributed by atoms with Crippen molar-refractivity contribution >= 4 is 10.0 Å². The van der Waals surface area contributed by atoms with E-state index in [1.165, 1.54) is 12.3 Å². The minimum atomic E-state index is -3.71. The molecule has 1 saturated heterocycles. The molecule has 0 amide bonds. The molecule has 0 saturated carbocycles. The molecule has 1 aromatic rings. The monoisotopic (exact) mass is 280 g/mol. The molecule has 2 heterocycles. The third-order valence-electron chi connectivity index (χ3n) is 3.11. The first-order chi connectivity index (χ1) is 9.13. The van der Waals surface area contributed by atoms with Crippen molar-refractivity contribution < 1.29 is 8.42 Å². The van der Waals surface area contributed by atoms with Crippen molar-refractivity contribution in [2.45, 2.75) is 17.9 Å². The fraction of sp³-hybridized carbons (Fsp3) is 0.500. The molecule has 1 aliphatic heterocycles. The number of hydrogen-bond donors (Lipinski definition) is 2. The van der Waals surface area contributed by atoms with Crippen LogP contribution in [0.5, 0.6) is 0 Å². The number of hydrogen-bond acceptors (Lipinski definition) is 5. The van der Waals surface area contributed by atoms with Crippen LogP contribution in [0.25, 0.3) is 0 Å². The highest BCUT2D eigenvalue weighted by atomic mass is 32.2. The van der Waals surface area contributed by atoms with Gasteiger partial charge in [-0.05, 0) is 44.0 Å². The predicted octanol–water partition coefficient (Wildman–Crippen LogP) is 0.231.